The first-order chi connectivity index (χ1) is 13.1. The van der Waals surface area contributed by atoms with Gasteiger partial charge in [0, 0.05) is 17.3 Å². The number of benzene rings is 2. The van der Waals surface area contributed by atoms with E-state index < -0.39 is 5.60 Å². The molecule has 146 valence electrons. The first kappa shape index (κ1) is 20.0. The lowest BCUT2D eigenvalue weighted by Gasteiger charge is -2.23. The van der Waals surface area contributed by atoms with E-state index in [9.17, 15) is 5.11 Å². The maximum absolute atomic E-state index is 10.4. The van der Waals surface area contributed by atoms with E-state index in [2.05, 4.69) is 30.3 Å². The third kappa shape index (κ3) is 3.90. The van der Waals surface area contributed by atoms with Crippen molar-refractivity contribution in [3.8, 4) is 0 Å². The van der Waals surface area contributed by atoms with Crippen molar-refractivity contribution in [1.29, 1.82) is 0 Å². The second-order valence-corrected chi connectivity index (χ2v) is 8.15. The van der Waals surface area contributed by atoms with Crippen molar-refractivity contribution in [1.82, 2.24) is 0 Å². The predicted octanol–water partition coefficient (Wildman–Crippen LogP) is 5.02. The molecule has 0 radical (unpaired) electrons. The van der Waals surface area contributed by atoms with Crippen molar-refractivity contribution in [2.75, 3.05) is 11.5 Å². The molecule has 0 aromatic heterocycles. The lowest BCUT2D eigenvalue weighted by atomic mass is 9.81. The summed E-state index contributed by atoms with van der Waals surface area (Å²) in [5.41, 5.74) is 20.9. The maximum atomic E-state index is 10.4. The summed E-state index contributed by atoms with van der Waals surface area (Å²) in [5, 5.41) is 10.4. The third-order valence-electron chi connectivity index (χ3n) is 5.57. The van der Waals surface area contributed by atoms with Gasteiger partial charge in [-0.2, -0.15) is 0 Å². The second-order valence-electron chi connectivity index (χ2n) is 8.15. The molecule has 0 saturated heterocycles. The van der Waals surface area contributed by atoms with Gasteiger partial charge in [0.2, 0.25) is 0 Å². The monoisotopic (exact) mass is 374 g/mol. The van der Waals surface area contributed by atoms with Gasteiger partial charge >= 0.3 is 0 Å². The van der Waals surface area contributed by atoms with Crippen LogP contribution in [0.2, 0.25) is 0 Å². The zero-order valence-electron chi connectivity index (χ0n) is 17.4. The van der Waals surface area contributed by atoms with E-state index in [4.69, 9.17) is 11.5 Å². The maximum Gasteiger partial charge on any atom is 0.0986 e. The number of aryl methyl sites for hydroxylation is 4. The van der Waals surface area contributed by atoms with Crippen LogP contribution in [0.5, 0.6) is 0 Å². The average molecular weight is 375 g/mol. The molecular formula is C25H30N2O. The van der Waals surface area contributed by atoms with Crippen LogP contribution in [0.4, 0.5) is 11.4 Å². The molecule has 3 rings (SSSR count). The largest absolute Gasteiger partial charge is 0.398 e. The summed E-state index contributed by atoms with van der Waals surface area (Å²) in [7, 11) is 0. The Morgan fingerprint density at radius 1 is 0.786 bits per heavy atom. The first-order valence-corrected chi connectivity index (χ1v) is 9.63. The van der Waals surface area contributed by atoms with E-state index in [1.165, 1.54) is 11.1 Å². The molecular weight excluding hydrogens is 344 g/mol. The van der Waals surface area contributed by atoms with E-state index in [-0.39, 0.29) is 5.92 Å². The summed E-state index contributed by atoms with van der Waals surface area (Å²) >= 11 is 0. The summed E-state index contributed by atoms with van der Waals surface area (Å²) in [6.07, 6.45) is 9.66. The molecule has 1 unspecified atom stereocenters. The number of rotatable bonds is 3. The van der Waals surface area contributed by atoms with E-state index in [0.29, 0.717) is 0 Å². The van der Waals surface area contributed by atoms with Crippen LogP contribution in [0.25, 0.3) is 0 Å². The number of nitrogen functional groups attached to an aromatic ring is 2. The highest BCUT2D eigenvalue weighted by Gasteiger charge is 2.22. The lowest BCUT2D eigenvalue weighted by molar-refractivity contribution is 0.164. The van der Waals surface area contributed by atoms with Crippen molar-refractivity contribution in [2.24, 2.45) is 0 Å². The van der Waals surface area contributed by atoms with E-state index in [0.717, 1.165) is 39.2 Å². The molecule has 1 atom stereocenters. The molecule has 2 aromatic rings. The molecule has 2 aromatic carbocycles. The van der Waals surface area contributed by atoms with Crippen LogP contribution in [0.3, 0.4) is 0 Å². The van der Waals surface area contributed by atoms with Crippen molar-refractivity contribution in [3.63, 3.8) is 0 Å². The Kier molecular flexibility index (Phi) is 5.22. The number of hydrogen-bond donors (Lipinski definition) is 3. The lowest BCUT2D eigenvalue weighted by Crippen LogP contribution is -2.16. The molecule has 0 amide bonds. The number of allylic oxidation sites excluding steroid dienone is 4. The quantitative estimate of drug-likeness (QED) is 0.661. The number of nitrogens with two attached hydrogens (primary N) is 2. The zero-order valence-corrected chi connectivity index (χ0v) is 17.4. The molecule has 0 aliphatic heterocycles. The fourth-order valence-electron chi connectivity index (χ4n) is 3.85. The van der Waals surface area contributed by atoms with Gasteiger partial charge in [0.1, 0.15) is 0 Å². The molecule has 3 nitrogen and oxygen atoms in total. The normalized spacial score (nSPS) is 19.0. The highest BCUT2D eigenvalue weighted by Crippen LogP contribution is 2.38. The Morgan fingerprint density at radius 2 is 1.21 bits per heavy atom. The highest BCUT2D eigenvalue weighted by atomic mass is 16.3. The van der Waals surface area contributed by atoms with Crippen LogP contribution < -0.4 is 11.5 Å². The molecule has 5 N–H and O–H groups in total. The summed E-state index contributed by atoms with van der Waals surface area (Å²) in [6, 6.07) is 8.65. The fourth-order valence-corrected chi connectivity index (χ4v) is 3.85. The van der Waals surface area contributed by atoms with E-state index in [1.54, 1.807) is 13.0 Å². The predicted molar refractivity (Wildman–Crippen MR) is 119 cm³/mol. The molecule has 0 bridgehead atoms. The van der Waals surface area contributed by atoms with Gasteiger partial charge < -0.3 is 16.6 Å². The summed E-state index contributed by atoms with van der Waals surface area (Å²) in [4.78, 5) is 0. The van der Waals surface area contributed by atoms with Crippen LogP contribution in [0.1, 0.15) is 46.2 Å². The number of anilines is 2. The topological polar surface area (TPSA) is 72.3 Å². The van der Waals surface area contributed by atoms with Crippen molar-refractivity contribution < 1.29 is 5.11 Å². The summed E-state index contributed by atoms with van der Waals surface area (Å²) in [6.45, 7) is 9.96. The van der Waals surface area contributed by atoms with Crippen LogP contribution in [0.15, 0.2) is 60.2 Å². The molecule has 1 aliphatic rings. The van der Waals surface area contributed by atoms with Gasteiger partial charge in [-0.1, -0.05) is 42.5 Å². The number of aliphatic hydroxyl groups is 1. The van der Waals surface area contributed by atoms with Gasteiger partial charge in [-0.3, -0.25) is 0 Å². The fraction of sp³-hybridized carbons (Fsp3) is 0.280. The van der Waals surface area contributed by atoms with E-state index in [1.807, 2.05) is 45.9 Å². The highest BCUT2D eigenvalue weighted by molar-refractivity contribution is 5.61. The van der Waals surface area contributed by atoms with E-state index >= 15 is 0 Å². The smallest absolute Gasteiger partial charge is 0.0986 e. The molecule has 0 spiro atoms. The van der Waals surface area contributed by atoms with Gasteiger partial charge in [-0.25, -0.2) is 0 Å². The van der Waals surface area contributed by atoms with Crippen LogP contribution in [0, 0.1) is 27.7 Å². The molecule has 1 aliphatic carbocycles. The van der Waals surface area contributed by atoms with Crippen molar-refractivity contribution in [2.45, 2.75) is 46.1 Å². The Bertz CT molecular complexity index is 906. The van der Waals surface area contributed by atoms with Gasteiger partial charge in [-0.05, 0) is 85.7 Å². The third-order valence-corrected chi connectivity index (χ3v) is 5.57. The Hall–Kier alpha value is -2.78. The molecule has 0 heterocycles. The first-order valence-electron chi connectivity index (χ1n) is 9.63. The molecule has 0 fully saturated rings. The van der Waals surface area contributed by atoms with Crippen molar-refractivity contribution >= 4 is 11.4 Å². The minimum atomic E-state index is -0.956. The second kappa shape index (κ2) is 7.33. The summed E-state index contributed by atoms with van der Waals surface area (Å²) in [5.74, 6) is 0.0193. The Balaban J connectivity index is 2.24. The van der Waals surface area contributed by atoms with Gasteiger partial charge in [0.05, 0.1) is 5.60 Å². The Morgan fingerprint density at radius 3 is 1.64 bits per heavy atom. The zero-order chi connectivity index (χ0) is 20.6. The SMILES string of the molecule is Cc1cc(C(C2=CC=CC(C)(O)C=C2)c2cc(C)c(N)c(C)c2)cc(C)c1N. The standard InChI is InChI=1S/C25H30N2O/c1-15-11-20(12-16(2)23(15)26)22(19-7-6-9-25(5,28)10-8-19)21-13-17(3)24(27)18(4)14-21/h6-14,22,28H,26-27H2,1-5H3. The molecule has 3 heteroatoms. The minimum Gasteiger partial charge on any atom is -0.398 e. The van der Waals surface area contributed by atoms with Crippen LogP contribution in [-0.4, -0.2) is 10.7 Å². The van der Waals surface area contributed by atoms with Gasteiger partial charge in [-0.15, -0.1) is 0 Å². The Labute approximate surface area is 168 Å². The average Bonchev–Trinajstić information content (AvgIpc) is 2.78. The van der Waals surface area contributed by atoms with Gasteiger partial charge in [0.25, 0.3) is 0 Å². The van der Waals surface area contributed by atoms with Gasteiger partial charge in [0.15, 0.2) is 0 Å². The van der Waals surface area contributed by atoms with Crippen LogP contribution >= 0.6 is 0 Å². The molecule has 28 heavy (non-hydrogen) atoms. The van der Waals surface area contributed by atoms with Crippen molar-refractivity contribution in [3.05, 3.63) is 93.6 Å². The molecule has 0 saturated carbocycles. The van der Waals surface area contributed by atoms with Crippen LogP contribution in [-0.2, 0) is 0 Å². The minimum absolute atomic E-state index is 0.0193. The number of hydrogen-bond acceptors (Lipinski definition) is 3. The summed E-state index contributed by atoms with van der Waals surface area (Å²) < 4.78 is 0.